The Hall–Kier alpha value is -0.680. The lowest BCUT2D eigenvalue weighted by atomic mass is 9.99. The number of hydrogen-bond donors (Lipinski definition) is 4. The van der Waals surface area contributed by atoms with E-state index in [9.17, 15) is 47.3 Å². The smallest absolute Gasteiger partial charge is 0.381 e. The van der Waals surface area contributed by atoms with E-state index in [1.165, 1.54) is 103 Å². The predicted octanol–water partition coefficient (Wildman–Crippen LogP) is 7.16. The lowest BCUT2D eigenvalue weighted by Crippen LogP contribution is -2.63. The van der Waals surface area contributed by atoms with Gasteiger partial charge in [0, 0.05) is 19.1 Å². The fourth-order valence-electron chi connectivity index (χ4n) is 7.01. The van der Waals surface area contributed by atoms with Crippen molar-refractivity contribution in [3.63, 3.8) is 0 Å². The number of hydrogen-bond acceptors (Lipinski definition) is 16. The van der Waals surface area contributed by atoms with E-state index in [0.717, 1.165) is 51.4 Å². The second-order valence-electron chi connectivity index (χ2n) is 15.8. The van der Waals surface area contributed by atoms with Gasteiger partial charge in [-0.05, 0) is 12.8 Å². The van der Waals surface area contributed by atoms with E-state index in [2.05, 4.69) is 30.6 Å². The maximum atomic E-state index is 11.9. The molecule has 0 bridgehead atoms. The van der Waals surface area contributed by atoms with E-state index in [-0.39, 0.29) is 13.2 Å². The Morgan fingerprint density at radius 3 is 1.13 bits per heavy atom. The van der Waals surface area contributed by atoms with Crippen molar-refractivity contribution >= 4 is 41.6 Å². The van der Waals surface area contributed by atoms with Crippen LogP contribution in [-0.4, -0.2) is 122 Å². The van der Waals surface area contributed by atoms with Gasteiger partial charge in [-0.3, -0.25) is 18.2 Å². The molecule has 372 valence electrons. The zero-order valence-corrected chi connectivity index (χ0v) is 39.9. The van der Waals surface area contributed by atoms with Gasteiger partial charge in [-0.25, -0.2) is 16.7 Å². The first-order valence-corrected chi connectivity index (χ1v) is 27.7. The molecule has 0 unspecified atom stereocenters. The Kier molecular flexibility index (Phi) is 32.3. The summed E-state index contributed by atoms with van der Waals surface area (Å²) in [5.41, 5.74) is 0. The Balaban J connectivity index is 2.97. The van der Waals surface area contributed by atoms with Crippen molar-refractivity contribution in [2.75, 3.05) is 39.6 Å². The first-order valence-electron chi connectivity index (χ1n) is 22.3. The molecule has 1 aliphatic heterocycles. The molecule has 0 aromatic heterocycles. The van der Waals surface area contributed by atoms with Crippen LogP contribution in [0.15, 0.2) is 0 Å². The van der Waals surface area contributed by atoms with Crippen LogP contribution in [0.4, 0.5) is 0 Å². The highest BCUT2D eigenvalue weighted by atomic mass is 32.3. The van der Waals surface area contributed by atoms with Crippen LogP contribution in [0.2, 0.25) is 0 Å². The van der Waals surface area contributed by atoms with Crippen molar-refractivity contribution < 1.29 is 87.6 Å². The number of ether oxygens (including phenoxy) is 4. The van der Waals surface area contributed by atoms with Gasteiger partial charge in [0.15, 0.2) is 12.4 Å². The van der Waals surface area contributed by atoms with E-state index >= 15 is 0 Å². The lowest BCUT2D eigenvalue weighted by Gasteiger charge is -2.43. The van der Waals surface area contributed by atoms with Gasteiger partial charge in [-0.15, -0.1) is 0 Å². The largest absolute Gasteiger partial charge is 0.397 e. The first kappa shape index (κ1) is 59.3. The van der Waals surface area contributed by atoms with E-state index in [1.807, 2.05) is 0 Å². The molecule has 1 heterocycles. The second kappa shape index (κ2) is 33.7. The third kappa shape index (κ3) is 33.7. The quantitative estimate of drug-likeness (QED) is 0.0348. The van der Waals surface area contributed by atoms with Crippen LogP contribution < -0.4 is 0 Å². The summed E-state index contributed by atoms with van der Waals surface area (Å²) in [6.45, 7) is 3.55. The molecule has 0 radical (unpaired) electrons. The molecule has 0 aromatic carbocycles. The standard InChI is InChI=1S/C38H76O20S4/c1-3-5-7-9-11-13-15-17-19-21-23-25-27-51-29-33(30-52-28-26-24-22-20-18-16-14-12-10-8-6-4-2)31-53-38-37(58-62(48,49)50)36(57-61(45,46)47)35(56-60(42,43)44)34(55-38)32-54-59(39,40)41/h33-38H,3-32H2,1-2H3,(H,39,40,41)(H,42,43,44)(H,45,46,47)(H,48,49,50)/t34-,35-,36+,37-,38-/m1/s1. The summed E-state index contributed by atoms with van der Waals surface area (Å²) in [6.07, 6.45) is 15.8. The van der Waals surface area contributed by atoms with E-state index < -0.39 is 91.4 Å². The highest BCUT2D eigenvalue weighted by Crippen LogP contribution is 2.32. The third-order valence-corrected chi connectivity index (χ3v) is 12.0. The fourth-order valence-corrected chi connectivity index (χ4v) is 8.82. The molecular weight excluding hydrogens is 905 g/mol. The van der Waals surface area contributed by atoms with Crippen molar-refractivity contribution in [1.82, 2.24) is 0 Å². The predicted molar refractivity (Wildman–Crippen MR) is 229 cm³/mol. The molecule has 0 saturated carbocycles. The van der Waals surface area contributed by atoms with Gasteiger partial charge in [0.1, 0.15) is 18.3 Å². The molecule has 0 aromatic rings. The molecule has 0 spiro atoms. The van der Waals surface area contributed by atoms with Crippen molar-refractivity contribution in [2.45, 2.75) is 199 Å². The Morgan fingerprint density at radius 2 is 0.774 bits per heavy atom. The highest BCUT2D eigenvalue weighted by molar-refractivity contribution is 7.81. The summed E-state index contributed by atoms with van der Waals surface area (Å²) in [5.74, 6) is -0.597. The Bertz CT molecular complexity index is 1530. The van der Waals surface area contributed by atoms with Crippen LogP contribution in [-0.2, 0) is 77.3 Å². The van der Waals surface area contributed by atoms with Gasteiger partial charge in [-0.1, -0.05) is 155 Å². The Morgan fingerprint density at radius 1 is 0.435 bits per heavy atom. The maximum Gasteiger partial charge on any atom is 0.397 e. The van der Waals surface area contributed by atoms with Crippen molar-refractivity contribution in [3.05, 3.63) is 0 Å². The maximum absolute atomic E-state index is 11.9. The van der Waals surface area contributed by atoms with E-state index in [4.69, 9.17) is 23.5 Å². The summed E-state index contributed by atoms with van der Waals surface area (Å²) in [7, 11) is -22.1. The third-order valence-electron chi connectivity index (χ3n) is 10.2. The Labute approximate surface area is 371 Å². The molecule has 62 heavy (non-hydrogen) atoms. The summed E-state index contributed by atoms with van der Waals surface area (Å²) >= 11 is 0. The van der Waals surface area contributed by atoms with Gasteiger partial charge in [0.25, 0.3) is 0 Å². The average molecular weight is 981 g/mol. The summed E-state index contributed by atoms with van der Waals surface area (Å²) in [6, 6.07) is 0. The van der Waals surface area contributed by atoms with Crippen LogP contribution in [0.1, 0.15) is 168 Å². The zero-order chi connectivity index (χ0) is 46.3. The SMILES string of the molecule is CCCCCCCCCCCCCCOCC(COCCCCCCCCCCCCCC)CO[C@@H]1O[C@H](COS(=O)(=O)O)[C@@H](OS(=O)(=O)O)[C@H](OS(=O)(=O)O)[C@H]1OS(=O)(=O)O. The van der Waals surface area contributed by atoms with E-state index in [0.29, 0.717) is 13.2 Å². The van der Waals surface area contributed by atoms with Gasteiger partial charge in [0.05, 0.1) is 26.4 Å². The minimum absolute atomic E-state index is 0.0573. The molecule has 0 amide bonds. The van der Waals surface area contributed by atoms with Gasteiger partial charge >= 0.3 is 41.6 Å². The lowest BCUT2D eigenvalue weighted by molar-refractivity contribution is -0.290. The number of rotatable bonds is 42. The van der Waals surface area contributed by atoms with Crippen LogP contribution in [0.25, 0.3) is 0 Å². The summed E-state index contributed by atoms with van der Waals surface area (Å²) in [5, 5.41) is 0. The highest BCUT2D eigenvalue weighted by Gasteiger charge is 2.54. The summed E-state index contributed by atoms with van der Waals surface area (Å²) < 4.78 is 172. The molecule has 20 nitrogen and oxygen atoms in total. The molecule has 1 fully saturated rings. The molecule has 1 aliphatic rings. The first-order chi connectivity index (χ1) is 29.2. The minimum Gasteiger partial charge on any atom is -0.381 e. The topological polar surface area (TPSA) is 291 Å². The van der Waals surface area contributed by atoms with Crippen LogP contribution in [0.3, 0.4) is 0 Å². The van der Waals surface area contributed by atoms with Crippen molar-refractivity contribution in [1.29, 1.82) is 0 Å². The number of unbranched alkanes of at least 4 members (excludes halogenated alkanes) is 22. The minimum atomic E-state index is -5.66. The molecule has 24 heteroatoms. The van der Waals surface area contributed by atoms with Gasteiger partial charge in [0.2, 0.25) is 0 Å². The molecular formula is C38H76O20S4. The van der Waals surface area contributed by atoms with E-state index in [1.54, 1.807) is 0 Å². The zero-order valence-electron chi connectivity index (χ0n) is 36.6. The molecule has 5 atom stereocenters. The van der Waals surface area contributed by atoms with Gasteiger partial charge < -0.3 is 18.9 Å². The van der Waals surface area contributed by atoms with Crippen molar-refractivity contribution in [3.8, 4) is 0 Å². The van der Waals surface area contributed by atoms with Crippen LogP contribution >= 0.6 is 0 Å². The average Bonchev–Trinajstić information content (AvgIpc) is 3.16. The molecule has 0 aliphatic carbocycles. The molecule has 1 saturated heterocycles. The monoisotopic (exact) mass is 980 g/mol. The fraction of sp³-hybridized carbons (Fsp3) is 1.00. The van der Waals surface area contributed by atoms with Crippen LogP contribution in [0.5, 0.6) is 0 Å². The van der Waals surface area contributed by atoms with Crippen molar-refractivity contribution in [2.24, 2.45) is 5.92 Å². The van der Waals surface area contributed by atoms with Crippen LogP contribution in [0, 0.1) is 5.92 Å². The van der Waals surface area contributed by atoms with Gasteiger partial charge in [-0.2, -0.15) is 33.7 Å². The normalized spacial score (nSPS) is 20.3. The molecule has 4 N–H and O–H groups in total. The second-order valence-corrected chi connectivity index (χ2v) is 20.1. The summed E-state index contributed by atoms with van der Waals surface area (Å²) in [4.78, 5) is 0. The molecule has 1 rings (SSSR count).